The van der Waals surface area contributed by atoms with Gasteiger partial charge in [0.25, 0.3) is 0 Å². The molecule has 74 heavy (non-hydrogen) atoms. The van der Waals surface area contributed by atoms with Gasteiger partial charge < -0.3 is 20.8 Å². The van der Waals surface area contributed by atoms with Gasteiger partial charge in [0, 0.05) is 45.6 Å². The maximum absolute atomic E-state index is 8.52. The first-order chi connectivity index (χ1) is 33.0. The molecule has 0 heterocycles. The Hall–Kier alpha value is -3.74. The van der Waals surface area contributed by atoms with Crippen LogP contribution in [0, 0.1) is 0 Å². The molecule has 2 radical (unpaired) electrons. The smallest absolute Gasteiger partial charge is 0.0701 e. The van der Waals surface area contributed by atoms with Crippen LogP contribution < -0.4 is 0 Å². The van der Waals surface area contributed by atoms with E-state index in [0.717, 1.165) is 45.6 Å². The topological polar surface area (TPSA) is 93.4 Å². The van der Waals surface area contributed by atoms with Crippen molar-refractivity contribution in [3.63, 3.8) is 0 Å². The molecule has 6 nitrogen and oxygen atoms in total. The summed E-state index contributed by atoms with van der Waals surface area (Å²) in [6.07, 6.45) is 4.23. The summed E-state index contributed by atoms with van der Waals surface area (Å²) in [5, 5.41) is 27.2. The van der Waals surface area contributed by atoms with E-state index in [0.29, 0.717) is 47.3 Å². The summed E-state index contributed by atoms with van der Waals surface area (Å²) in [5.41, 5.74) is 17.9. The van der Waals surface area contributed by atoms with Gasteiger partial charge in [-0.15, -0.1) is 11.4 Å². The fourth-order valence-corrected chi connectivity index (χ4v) is 8.00. The first kappa shape index (κ1) is 72.3. The first-order valence-corrected chi connectivity index (χ1v) is 26.9. The van der Waals surface area contributed by atoms with Gasteiger partial charge in [-0.1, -0.05) is 232 Å². The van der Waals surface area contributed by atoms with Gasteiger partial charge in [0.15, 0.2) is 0 Å². The minimum absolute atomic E-state index is 0. The van der Waals surface area contributed by atoms with Crippen LogP contribution in [0.2, 0.25) is 0 Å². The second-order valence-corrected chi connectivity index (χ2v) is 24.0. The molecule has 0 spiro atoms. The molecule has 0 amide bonds. The zero-order valence-corrected chi connectivity index (χ0v) is 53.5. The summed E-state index contributed by atoms with van der Waals surface area (Å²) >= 11 is 0. The van der Waals surface area contributed by atoms with E-state index < -0.39 is 11.2 Å². The molecule has 4 rings (SSSR count). The molecule has 8 heteroatoms. The van der Waals surface area contributed by atoms with E-state index in [4.69, 9.17) is 30.8 Å². The Morgan fingerprint density at radius 3 is 0.689 bits per heavy atom. The number of hydrogen-bond acceptors (Lipinski definition) is 4. The monoisotopic (exact) mass is 1090 g/mol. The molecule has 0 aliphatic carbocycles. The standard InChI is InChI=1S/2C29H41N2.2C4H10O.2Mn/c2*1-18(2)24-13-11-14-25(19(3)4)28(24)30-22(9)17-23(10)31-29-26(20(5)6)15-12-16-27(29)21(7)8;2*1-4(2,3)5;;/h2*11-21H,1-10H3;2*5H,1-3H3;;/q2*-1;;;;. The van der Waals surface area contributed by atoms with Crippen LogP contribution in [0.1, 0.15) is 272 Å². The summed E-state index contributed by atoms with van der Waals surface area (Å²) in [5.74, 6) is 3.49. The van der Waals surface area contributed by atoms with Crippen LogP contribution in [0.25, 0.3) is 10.6 Å². The molecule has 4 aromatic rings. The van der Waals surface area contributed by atoms with Crippen LogP contribution in [-0.4, -0.2) is 32.8 Å². The molecular weight excluding hydrogens is 991 g/mol. The van der Waals surface area contributed by atoms with Crippen molar-refractivity contribution in [1.29, 1.82) is 0 Å². The Bertz CT molecular complexity index is 2130. The maximum Gasteiger partial charge on any atom is 0.0701 e. The quantitative estimate of drug-likeness (QED) is 0.0864. The van der Waals surface area contributed by atoms with E-state index in [-0.39, 0.29) is 34.1 Å². The molecule has 0 saturated carbocycles. The first-order valence-electron chi connectivity index (χ1n) is 26.9. The summed E-state index contributed by atoms with van der Waals surface area (Å²) in [6.45, 7) is 54.6. The predicted molar refractivity (Wildman–Crippen MR) is 322 cm³/mol. The van der Waals surface area contributed by atoms with E-state index in [1.165, 1.54) is 44.5 Å². The number of rotatable bonds is 16. The Morgan fingerprint density at radius 1 is 0.365 bits per heavy atom. The van der Waals surface area contributed by atoms with Gasteiger partial charge in [-0.05, 0) is 125 Å². The summed E-state index contributed by atoms with van der Waals surface area (Å²) < 4.78 is 0. The van der Waals surface area contributed by atoms with E-state index in [2.05, 4.69) is 223 Å². The van der Waals surface area contributed by atoms with Crippen LogP contribution in [0.5, 0.6) is 0 Å². The van der Waals surface area contributed by atoms with Gasteiger partial charge in [-0.3, -0.25) is 9.98 Å². The van der Waals surface area contributed by atoms with Crippen molar-refractivity contribution in [2.75, 3.05) is 0 Å². The Balaban J connectivity index is 0. The molecule has 2 N–H and O–H groups in total. The molecule has 0 fully saturated rings. The fraction of sp³-hybridized carbons (Fsp3) is 0.545. The van der Waals surface area contributed by atoms with Crippen molar-refractivity contribution in [1.82, 2.24) is 0 Å². The number of hydrogen-bond donors (Lipinski definition) is 2. The summed E-state index contributed by atoms with van der Waals surface area (Å²) in [6, 6.07) is 26.3. The second-order valence-electron chi connectivity index (χ2n) is 24.0. The number of allylic oxidation sites excluding steroid dienone is 4. The molecule has 0 unspecified atom stereocenters. The van der Waals surface area contributed by atoms with Gasteiger partial charge in [-0.2, -0.15) is 11.4 Å². The van der Waals surface area contributed by atoms with E-state index in [1.54, 1.807) is 41.5 Å². The van der Waals surface area contributed by atoms with Crippen LogP contribution in [-0.2, 0) is 34.1 Å². The zero-order valence-electron chi connectivity index (χ0n) is 51.1. The predicted octanol–water partition coefficient (Wildman–Crippen LogP) is 21.3. The van der Waals surface area contributed by atoms with Crippen LogP contribution >= 0.6 is 0 Å². The molecule has 0 aliphatic heterocycles. The van der Waals surface area contributed by atoms with Gasteiger partial charge in [0.2, 0.25) is 0 Å². The zero-order chi connectivity index (χ0) is 55.6. The van der Waals surface area contributed by atoms with Crippen LogP contribution in [0.4, 0.5) is 22.7 Å². The minimum Gasteiger partial charge on any atom is -0.661 e. The van der Waals surface area contributed by atoms with Gasteiger partial charge >= 0.3 is 0 Å². The molecular formula is C66H102Mn2N4O2-2. The molecule has 0 saturated heterocycles. The van der Waals surface area contributed by atoms with E-state index in [9.17, 15) is 0 Å². The van der Waals surface area contributed by atoms with Gasteiger partial charge in [-0.25, -0.2) is 0 Å². The van der Waals surface area contributed by atoms with Crippen LogP contribution in [0.15, 0.2) is 106 Å². The van der Waals surface area contributed by atoms with E-state index in [1.807, 2.05) is 0 Å². The number of para-hydroxylation sites is 4. The molecule has 0 aromatic heterocycles. The summed E-state index contributed by atoms with van der Waals surface area (Å²) in [4.78, 5) is 10.2. The Labute approximate surface area is 475 Å². The largest absolute Gasteiger partial charge is 0.661 e. The fourth-order valence-electron chi connectivity index (χ4n) is 8.00. The summed E-state index contributed by atoms with van der Waals surface area (Å²) in [7, 11) is 0. The number of benzene rings is 4. The van der Waals surface area contributed by atoms with Crippen molar-refractivity contribution >= 4 is 34.2 Å². The number of nitrogens with zero attached hydrogens (tertiary/aromatic N) is 4. The van der Waals surface area contributed by atoms with Crippen molar-refractivity contribution in [3.8, 4) is 0 Å². The number of aliphatic imine (C=N–C) groups is 2. The minimum atomic E-state index is -0.500. The van der Waals surface area contributed by atoms with Gasteiger partial charge in [0.05, 0.1) is 22.6 Å². The van der Waals surface area contributed by atoms with Crippen LogP contribution in [0.3, 0.4) is 0 Å². The molecule has 0 bridgehead atoms. The maximum atomic E-state index is 8.52. The average Bonchev–Trinajstić information content (AvgIpc) is 3.22. The normalized spacial score (nSPS) is 12.6. The molecule has 0 aliphatic rings. The molecule has 414 valence electrons. The third-order valence-corrected chi connectivity index (χ3v) is 11.4. The van der Waals surface area contributed by atoms with E-state index >= 15 is 0 Å². The Kier molecular flexibility index (Phi) is 32.7. The van der Waals surface area contributed by atoms with Crippen molar-refractivity contribution in [2.24, 2.45) is 9.98 Å². The van der Waals surface area contributed by atoms with Gasteiger partial charge in [0.1, 0.15) is 0 Å². The Morgan fingerprint density at radius 2 is 0.527 bits per heavy atom. The van der Waals surface area contributed by atoms with Crippen molar-refractivity contribution in [3.05, 3.63) is 151 Å². The third-order valence-electron chi connectivity index (χ3n) is 11.4. The van der Waals surface area contributed by atoms with Crippen molar-refractivity contribution in [2.45, 2.75) is 239 Å². The SMILES string of the molecule is CC(=CC(C)=Nc1c(C(C)C)cccc1C(C)C)[N-]c1c(C(C)C)cccc1C(C)C.CC(=CC(C)=Nc1c(C(C)C)cccc1C(C)C)[N-]c1c(C(C)C)cccc1C(C)C.CC(C)(C)O.CC(C)(C)O.[Mn].[Mn]. The number of aliphatic hydroxyl groups is 2. The molecule has 4 aromatic carbocycles. The molecule has 0 atom stereocenters. The van der Waals surface area contributed by atoms with Crippen molar-refractivity contribution < 1.29 is 44.4 Å². The average molecular weight is 1090 g/mol. The second kappa shape index (κ2) is 33.4. The third kappa shape index (κ3) is 26.3.